The summed E-state index contributed by atoms with van der Waals surface area (Å²) in [4.78, 5) is 5.00. The van der Waals surface area contributed by atoms with Gasteiger partial charge in [0.15, 0.2) is 0 Å². The van der Waals surface area contributed by atoms with Crippen molar-refractivity contribution in [3.05, 3.63) is 0 Å². The lowest BCUT2D eigenvalue weighted by molar-refractivity contribution is 0.0274. The molecular weight excluding hydrogens is 222 g/mol. The molecule has 106 valence electrons. The van der Waals surface area contributed by atoms with Gasteiger partial charge >= 0.3 is 0 Å². The van der Waals surface area contributed by atoms with Gasteiger partial charge in [0.1, 0.15) is 0 Å². The Labute approximate surface area is 113 Å². The fourth-order valence-corrected chi connectivity index (χ4v) is 3.52. The van der Waals surface area contributed by atoms with Crippen molar-refractivity contribution in [3.63, 3.8) is 0 Å². The first kappa shape index (κ1) is 14.3. The van der Waals surface area contributed by atoms with Crippen molar-refractivity contribution in [2.24, 2.45) is 0 Å². The second kappa shape index (κ2) is 6.36. The van der Waals surface area contributed by atoms with Gasteiger partial charge in [-0.25, -0.2) is 0 Å². The SMILES string of the molecule is CN(CCCC1CCCN1)CC1(N(C)C)CCC1. The Morgan fingerprint density at radius 2 is 1.94 bits per heavy atom. The molecule has 1 atom stereocenters. The minimum absolute atomic E-state index is 0.486. The normalized spacial score (nSPS) is 26.8. The van der Waals surface area contributed by atoms with Crippen LogP contribution in [0.25, 0.3) is 0 Å². The van der Waals surface area contributed by atoms with Crippen molar-refractivity contribution < 1.29 is 0 Å². The van der Waals surface area contributed by atoms with Gasteiger partial charge in [-0.2, -0.15) is 0 Å². The standard InChI is InChI=1S/C15H31N3/c1-17(2)15(9-6-10-15)13-18(3)12-5-8-14-7-4-11-16-14/h14,16H,4-13H2,1-3H3. The highest BCUT2D eigenvalue weighted by Crippen LogP contribution is 2.36. The van der Waals surface area contributed by atoms with E-state index < -0.39 is 0 Å². The van der Waals surface area contributed by atoms with Crippen LogP contribution in [0, 0.1) is 0 Å². The molecule has 3 nitrogen and oxygen atoms in total. The average Bonchev–Trinajstić information content (AvgIpc) is 2.76. The summed E-state index contributed by atoms with van der Waals surface area (Å²) in [6.45, 7) is 3.75. The summed E-state index contributed by atoms with van der Waals surface area (Å²) in [5.74, 6) is 0. The predicted octanol–water partition coefficient (Wildman–Crippen LogP) is 1.93. The molecule has 1 aliphatic carbocycles. The Kier molecular flexibility index (Phi) is 5.05. The first-order valence-corrected chi connectivity index (χ1v) is 7.72. The maximum Gasteiger partial charge on any atom is 0.0330 e. The smallest absolute Gasteiger partial charge is 0.0330 e. The number of nitrogens with one attached hydrogen (secondary N) is 1. The molecule has 1 heterocycles. The first-order valence-electron chi connectivity index (χ1n) is 7.72. The van der Waals surface area contributed by atoms with E-state index in [1.54, 1.807) is 0 Å². The average molecular weight is 253 g/mol. The third-order valence-corrected chi connectivity index (χ3v) is 5.05. The fraction of sp³-hybridized carbons (Fsp3) is 1.00. The van der Waals surface area contributed by atoms with Crippen molar-refractivity contribution in [2.45, 2.75) is 56.5 Å². The maximum atomic E-state index is 3.59. The van der Waals surface area contributed by atoms with Crippen LogP contribution in [0.2, 0.25) is 0 Å². The molecule has 1 saturated heterocycles. The molecule has 1 unspecified atom stereocenters. The number of rotatable bonds is 7. The Morgan fingerprint density at radius 1 is 1.17 bits per heavy atom. The Hall–Kier alpha value is -0.120. The van der Waals surface area contributed by atoms with Crippen LogP contribution in [-0.2, 0) is 0 Å². The van der Waals surface area contributed by atoms with E-state index in [9.17, 15) is 0 Å². The fourth-order valence-electron chi connectivity index (χ4n) is 3.52. The second-order valence-electron chi connectivity index (χ2n) is 6.65. The summed E-state index contributed by atoms with van der Waals surface area (Å²) in [5, 5.41) is 3.59. The van der Waals surface area contributed by atoms with Crippen molar-refractivity contribution in [1.29, 1.82) is 0 Å². The minimum Gasteiger partial charge on any atom is -0.314 e. The van der Waals surface area contributed by atoms with E-state index in [4.69, 9.17) is 0 Å². The summed E-state index contributed by atoms with van der Waals surface area (Å²) in [6, 6.07) is 0.810. The monoisotopic (exact) mass is 253 g/mol. The number of hydrogen-bond donors (Lipinski definition) is 1. The summed E-state index contributed by atoms with van der Waals surface area (Å²) < 4.78 is 0. The molecule has 1 N–H and O–H groups in total. The van der Waals surface area contributed by atoms with Crippen LogP contribution in [0.1, 0.15) is 44.9 Å². The van der Waals surface area contributed by atoms with Gasteiger partial charge in [-0.3, -0.25) is 0 Å². The van der Waals surface area contributed by atoms with E-state index in [0.717, 1.165) is 6.04 Å². The highest BCUT2D eigenvalue weighted by molar-refractivity contribution is 4.97. The highest BCUT2D eigenvalue weighted by Gasteiger charge is 2.39. The Morgan fingerprint density at radius 3 is 2.44 bits per heavy atom. The van der Waals surface area contributed by atoms with Crippen molar-refractivity contribution >= 4 is 0 Å². The molecule has 2 rings (SSSR count). The summed E-state index contributed by atoms with van der Waals surface area (Å²) >= 11 is 0. The zero-order chi connectivity index (χ0) is 13.0. The molecule has 18 heavy (non-hydrogen) atoms. The largest absolute Gasteiger partial charge is 0.314 e. The van der Waals surface area contributed by atoms with Crippen LogP contribution < -0.4 is 5.32 Å². The van der Waals surface area contributed by atoms with Gasteiger partial charge in [0.05, 0.1) is 0 Å². The van der Waals surface area contributed by atoms with E-state index >= 15 is 0 Å². The molecule has 1 aliphatic heterocycles. The molecular formula is C15H31N3. The minimum atomic E-state index is 0.486. The van der Waals surface area contributed by atoms with Gasteiger partial charge in [0.2, 0.25) is 0 Å². The second-order valence-corrected chi connectivity index (χ2v) is 6.65. The van der Waals surface area contributed by atoms with Crippen LogP contribution in [0.15, 0.2) is 0 Å². The molecule has 2 aliphatic rings. The molecule has 0 spiro atoms. The molecule has 0 amide bonds. The van der Waals surface area contributed by atoms with Crippen molar-refractivity contribution in [3.8, 4) is 0 Å². The third-order valence-electron chi connectivity index (χ3n) is 5.05. The van der Waals surface area contributed by atoms with Gasteiger partial charge in [0, 0.05) is 18.1 Å². The summed E-state index contributed by atoms with van der Waals surface area (Å²) in [7, 11) is 6.79. The van der Waals surface area contributed by atoms with E-state index in [-0.39, 0.29) is 0 Å². The van der Waals surface area contributed by atoms with Crippen LogP contribution in [0.4, 0.5) is 0 Å². The van der Waals surface area contributed by atoms with E-state index in [1.807, 2.05) is 0 Å². The number of hydrogen-bond acceptors (Lipinski definition) is 3. The number of likely N-dealkylation sites (N-methyl/N-ethyl adjacent to an activating group) is 2. The number of nitrogens with zero attached hydrogens (tertiary/aromatic N) is 2. The van der Waals surface area contributed by atoms with Crippen molar-refractivity contribution in [2.75, 3.05) is 40.8 Å². The molecule has 0 radical (unpaired) electrons. The van der Waals surface area contributed by atoms with Gasteiger partial charge < -0.3 is 15.1 Å². The molecule has 0 aromatic heterocycles. The molecule has 0 bridgehead atoms. The van der Waals surface area contributed by atoms with E-state index in [0.29, 0.717) is 5.54 Å². The molecule has 2 fully saturated rings. The lowest BCUT2D eigenvalue weighted by Crippen LogP contribution is -2.56. The third kappa shape index (κ3) is 3.46. The van der Waals surface area contributed by atoms with Gasteiger partial charge in [-0.15, -0.1) is 0 Å². The van der Waals surface area contributed by atoms with E-state index in [2.05, 4.69) is 36.3 Å². The Bertz CT molecular complexity index is 242. The van der Waals surface area contributed by atoms with E-state index in [1.165, 1.54) is 64.6 Å². The highest BCUT2D eigenvalue weighted by atomic mass is 15.2. The Balaban J connectivity index is 1.63. The van der Waals surface area contributed by atoms with Crippen LogP contribution in [-0.4, -0.2) is 62.2 Å². The topological polar surface area (TPSA) is 18.5 Å². The maximum absolute atomic E-state index is 3.59. The van der Waals surface area contributed by atoms with Crippen molar-refractivity contribution in [1.82, 2.24) is 15.1 Å². The zero-order valence-corrected chi connectivity index (χ0v) is 12.5. The van der Waals surface area contributed by atoms with Crippen LogP contribution >= 0.6 is 0 Å². The lowest BCUT2D eigenvalue weighted by atomic mass is 9.75. The quantitative estimate of drug-likeness (QED) is 0.748. The summed E-state index contributed by atoms with van der Waals surface area (Å²) in [5.41, 5.74) is 0.486. The lowest BCUT2D eigenvalue weighted by Gasteiger charge is -2.49. The van der Waals surface area contributed by atoms with Crippen LogP contribution in [0.5, 0.6) is 0 Å². The van der Waals surface area contributed by atoms with Gasteiger partial charge in [0.25, 0.3) is 0 Å². The predicted molar refractivity (Wildman–Crippen MR) is 78.0 cm³/mol. The molecule has 1 saturated carbocycles. The summed E-state index contributed by atoms with van der Waals surface area (Å²) in [6.07, 6.45) is 9.66. The molecule has 0 aromatic carbocycles. The first-order chi connectivity index (χ1) is 8.62. The zero-order valence-electron chi connectivity index (χ0n) is 12.5. The van der Waals surface area contributed by atoms with Gasteiger partial charge in [-0.1, -0.05) is 0 Å². The van der Waals surface area contributed by atoms with Crippen LogP contribution in [0.3, 0.4) is 0 Å². The molecule has 3 heteroatoms. The molecule has 0 aromatic rings. The van der Waals surface area contributed by atoms with Gasteiger partial charge in [-0.05, 0) is 79.2 Å².